The van der Waals surface area contributed by atoms with Gasteiger partial charge in [0.05, 0.1) is 6.20 Å². The summed E-state index contributed by atoms with van der Waals surface area (Å²) in [6.45, 7) is -1.03. The summed E-state index contributed by atoms with van der Waals surface area (Å²) in [4.78, 5) is 4.02. The topological polar surface area (TPSA) is 35.3 Å². The van der Waals surface area contributed by atoms with Crippen LogP contribution in [0.3, 0.4) is 0 Å². The van der Waals surface area contributed by atoms with Crippen LogP contribution >= 0.6 is 0 Å². The molecular weight excluding hydrogens is 216 g/mol. The largest absolute Gasteiger partial charge is 0.441 e. The van der Waals surface area contributed by atoms with Gasteiger partial charge in [0.1, 0.15) is 11.5 Å². The van der Waals surface area contributed by atoms with E-state index in [1.54, 1.807) is 25.3 Å². The van der Waals surface area contributed by atoms with Crippen LogP contribution in [0.4, 0.5) is 8.78 Å². The summed E-state index contributed by atoms with van der Waals surface area (Å²) in [6, 6.07) is 6.12. The molecule has 0 radical (unpaired) electrons. The van der Waals surface area contributed by atoms with Crippen LogP contribution in [0.1, 0.15) is 5.76 Å². The van der Waals surface area contributed by atoms with Crippen LogP contribution in [0.2, 0.25) is 0 Å². The highest BCUT2D eigenvalue weighted by molar-refractivity contribution is 5.54. The Labute approximate surface area is 90.7 Å². The predicted octanol–water partition coefficient (Wildman–Crippen LogP) is 3.25. The number of halogens is 2. The van der Waals surface area contributed by atoms with Gasteiger partial charge in [-0.2, -0.15) is 8.78 Å². The first kappa shape index (κ1) is 10.6. The first-order chi connectivity index (χ1) is 7.65. The van der Waals surface area contributed by atoms with E-state index in [1.807, 2.05) is 0 Å². The molecule has 1 heterocycles. The molecule has 0 unspecified atom stereocenters. The molecule has 1 aromatic carbocycles. The summed E-state index contributed by atoms with van der Waals surface area (Å²) < 4.78 is 33.3. The minimum absolute atomic E-state index is 0.113. The second-order valence-corrected chi connectivity index (χ2v) is 3.18. The third-order valence-corrected chi connectivity index (χ3v) is 1.95. The number of hydrogen-bond donors (Lipinski definition) is 0. The molecular formula is C11H9F2NO2. The number of hydrogen-bond acceptors (Lipinski definition) is 3. The number of alkyl halides is 2. The molecule has 0 fully saturated rings. The summed E-state index contributed by atoms with van der Waals surface area (Å²) in [5.74, 6) is 1.27. The summed E-state index contributed by atoms with van der Waals surface area (Å²) in [5.41, 5.74) is 0.717. The van der Waals surface area contributed by atoms with E-state index >= 15 is 0 Å². The van der Waals surface area contributed by atoms with E-state index in [2.05, 4.69) is 9.72 Å². The quantitative estimate of drug-likeness (QED) is 0.804. The lowest BCUT2D eigenvalue weighted by Crippen LogP contribution is -2.01. The van der Waals surface area contributed by atoms with Gasteiger partial charge < -0.3 is 9.15 Å². The van der Waals surface area contributed by atoms with Crippen molar-refractivity contribution in [3.8, 4) is 17.2 Å². The second kappa shape index (κ2) is 4.30. The second-order valence-electron chi connectivity index (χ2n) is 3.18. The maximum Gasteiger partial charge on any atom is 0.387 e. The van der Waals surface area contributed by atoms with Gasteiger partial charge in [-0.05, 0) is 31.2 Å². The highest BCUT2D eigenvalue weighted by Gasteiger charge is 2.06. The molecule has 2 rings (SSSR count). The number of aromatic nitrogens is 1. The molecule has 16 heavy (non-hydrogen) atoms. The first-order valence-corrected chi connectivity index (χ1v) is 4.63. The number of nitrogens with zero attached hydrogens (tertiary/aromatic N) is 1. The Balaban J connectivity index is 2.19. The van der Waals surface area contributed by atoms with Crippen molar-refractivity contribution in [1.29, 1.82) is 0 Å². The van der Waals surface area contributed by atoms with Crippen molar-refractivity contribution in [2.45, 2.75) is 13.5 Å². The molecule has 0 N–H and O–H groups in total. The maximum atomic E-state index is 11.9. The van der Waals surface area contributed by atoms with Crippen molar-refractivity contribution in [3.63, 3.8) is 0 Å². The van der Waals surface area contributed by atoms with Gasteiger partial charge >= 0.3 is 6.61 Å². The number of benzene rings is 1. The third kappa shape index (κ3) is 2.36. The van der Waals surface area contributed by atoms with E-state index < -0.39 is 6.61 Å². The van der Waals surface area contributed by atoms with Crippen molar-refractivity contribution in [2.75, 3.05) is 0 Å². The van der Waals surface area contributed by atoms with E-state index in [0.717, 1.165) is 5.56 Å². The lowest BCUT2D eigenvalue weighted by atomic mass is 10.2. The molecule has 5 heteroatoms. The van der Waals surface area contributed by atoms with Crippen LogP contribution in [0.5, 0.6) is 5.75 Å². The van der Waals surface area contributed by atoms with Gasteiger partial charge in [-0.25, -0.2) is 4.98 Å². The predicted molar refractivity (Wildman–Crippen MR) is 53.3 cm³/mol. The molecule has 0 aliphatic heterocycles. The average Bonchev–Trinajstić information content (AvgIpc) is 2.65. The Morgan fingerprint density at radius 3 is 2.44 bits per heavy atom. The zero-order valence-electron chi connectivity index (χ0n) is 8.48. The zero-order chi connectivity index (χ0) is 11.5. The highest BCUT2D eigenvalue weighted by atomic mass is 19.3. The zero-order valence-corrected chi connectivity index (χ0v) is 8.48. The van der Waals surface area contributed by atoms with Gasteiger partial charge in [0.15, 0.2) is 0 Å². The van der Waals surface area contributed by atoms with Crippen LogP contribution in [0.15, 0.2) is 34.9 Å². The molecule has 84 valence electrons. The normalized spacial score (nSPS) is 10.8. The fraction of sp³-hybridized carbons (Fsp3) is 0.182. The smallest absolute Gasteiger partial charge is 0.387 e. The molecule has 0 spiro atoms. The van der Waals surface area contributed by atoms with Gasteiger partial charge in [-0.1, -0.05) is 0 Å². The minimum Gasteiger partial charge on any atom is -0.441 e. The molecule has 0 saturated carbocycles. The lowest BCUT2D eigenvalue weighted by Gasteiger charge is -2.03. The van der Waals surface area contributed by atoms with Crippen LogP contribution in [0.25, 0.3) is 11.5 Å². The molecule has 0 aliphatic carbocycles. The summed E-state index contributed by atoms with van der Waals surface area (Å²) in [5, 5.41) is 0. The number of aryl methyl sites for hydroxylation is 1. The van der Waals surface area contributed by atoms with Gasteiger partial charge in [0, 0.05) is 5.56 Å². The van der Waals surface area contributed by atoms with Crippen LogP contribution < -0.4 is 4.74 Å². The maximum absolute atomic E-state index is 11.9. The fourth-order valence-electron chi connectivity index (χ4n) is 1.27. The first-order valence-electron chi connectivity index (χ1n) is 4.63. The third-order valence-electron chi connectivity index (χ3n) is 1.95. The van der Waals surface area contributed by atoms with Crippen molar-refractivity contribution < 1.29 is 17.9 Å². The summed E-state index contributed by atoms with van der Waals surface area (Å²) >= 11 is 0. The molecule has 0 aliphatic rings. The molecule has 1 aromatic heterocycles. The summed E-state index contributed by atoms with van der Waals surface area (Å²) in [7, 11) is 0. The van der Waals surface area contributed by atoms with Gasteiger partial charge in [-0.3, -0.25) is 0 Å². The number of rotatable bonds is 3. The van der Waals surface area contributed by atoms with Gasteiger partial charge in [0.2, 0.25) is 5.89 Å². The van der Waals surface area contributed by atoms with Crippen LogP contribution in [-0.2, 0) is 0 Å². The van der Waals surface area contributed by atoms with E-state index in [9.17, 15) is 8.78 Å². The Morgan fingerprint density at radius 1 is 1.25 bits per heavy atom. The molecule has 2 aromatic rings. The van der Waals surface area contributed by atoms with Gasteiger partial charge in [-0.15, -0.1) is 0 Å². The monoisotopic (exact) mass is 225 g/mol. The Hall–Kier alpha value is -1.91. The van der Waals surface area contributed by atoms with Gasteiger partial charge in [0.25, 0.3) is 0 Å². The SMILES string of the molecule is Cc1cnc(-c2ccc(OC(F)F)cc2)o1. The Morgan fingerprint density at radius 2 is 1.94 bits per heavy atom. The van der Waals surface area contributed by atoms with E-state index in [-0.39, 0.29) is 5.75 Å². The molecule has 3 nitrogen and oxygen atoms in total. The molecule has 0 atom stereocenters. The van der Waals surface area contributed by atoms with E-state index in [4.69, 9.17) is 4.42 Å². The van der Waals surface area contributed by atoms with Crippen LogP contribution in [0, 0.1) is 6.92 Å². The van der Waals surface area contributed by atoms with E-state index in [0.29, 0.717) is 11.7 Å². The fourth-order valence-corrected chi connectivity index (χ4v) is 1.27. The molecule has 0 amide bonds. The Bertz CT molecular complexity index is 465. The van der Waals surface area contributed by atoms with Crippen molar-refractivity contribution in [3.05, 3.63) is 36.2 Å². The molecule has 0 bridgehead atoms. The highest BCUT2D eigenvalue weighted by Crippen LogP contribution is 2.22. The van der Waals surface area contributed by atoms with Crippen molar-refractivity contribution in [1.82, 2.24) is 4.98 Å². The van der Waals surface area contributed by atoms with Crippen molar-refractivity contribution in [2.24, 2.45) is 0 Å². The van der Waals surface area contributed by atoms with Crippen molar-refractivity contribution >= 4 is 0 Å². The van der Waals surface area contributed by atoms with E-state index in [1.165, 1.54) is 12.1 Å². The standard InChI is InChI=1S/C11H9F2NO2/c1-7-6-14-10(15-7)8-2-4-9(5-3-8)16-11(12)13/h2-6,11H,1H3. The molecule has 0 saturated heterocycles. The average molecular weight is 225 g/mol. The summed E-state index contributed by atoms with van der Waals surface area (Å²) in [6.07, 6.45) is 1.60. The number of oxazole rings is 1. The number of ether oxygens (including phenoxy) is 1. The Kier molecular flexibility index (Phi) is 2.85. The minimum atomic E-state index is -2.81. The lowest BCUT2D eigenvalue weighted by molar-refractivity contribution is -0.0498. The van der Waals surface area contributed by atoms with Crippen LogP contribution in [-0.4, -0.2) is 11.6 Å².